The van der Waals surface area contributed by atoms with Crippen LogP contribution in [0, 0.1) is 12.7 Å². The molecule has 37 heavy (non-hydrogen) atoms. The molecule has 0 unspecified atom stereocenters. The van der Waals surface area contributed by atoms with E-state index in [1.54, 1.807) is 13.1 Å². The number of hydrogen-bond acceptors (Lipinski definition) is 7. The average molecular weight is 513 g/mol. The first kappa shape index (κ1) is 23.7. The molecule has 0 N–H and O–H groups in total. The predicted molar refractivity (Wildman–Crippen MR) is 126 cm³/mol. The second-order valence-electron chi connectivity index (χ2n) is 9.57. The summed E-state index contributed by atoms with van der Waals surface area (Å²) < 4.78 is 62.5. The SMILES string of the molecule is Cc1cnc2c(-c3ccc(C(F)(F)F)cc3F)nc(N3C[C@@H](c4cnn(C5CC5)c4)O[C@@H](C)C3)nc2n1. The minimum Gasteiger partial charge on any atom is -0.367 e. The number of fused-ring (bicyclic) bond motifs is 1. The monoisotopic (exact) mass is 513 g/mol. The standard InChI is InChI=1S/C25H23F4N7O/c1-13-8-30-22-21(18-6-3-16(7-19(18)26)25(27,28)29)33-24(34-23(22)32-13)35-10-14(2)37-20(12-35)15-9-31-36(11-15)17-4-5-17/h3,6-9,11,14,17,20H,4-5,10,12H2,1-2H3/t14-,20-/m0/s1. The van der Waals surface area contributed by atoms with Gasteiger partial charge in [-0.3, -0.25) is 4.68 Å². The van der Waals surface area contributed by atoms with E-state index in [-0.39, 0.29) is 40.6 Å². The van der Waals surface area contributed by atoms with E-state index in [4.69, 9.17) is 4.74 Å². The average Bonchev–Trinajstić information content (AvgIpc) is 3.58. The topological polar surface area (TPSA) is 81.9 Å². The number of benzene rings is 1. The Morgan fingerprint density at radius 1 is 1.05 bits per heavy atom. The Labute approximate surface area is 209 Å². The van der Waals surface area contributed by atoms with Crippen LogP contribution in [0.3, 0.4) is 0 Å². The van der Waals surface area contributed by atoms with Gasteiger partial charge in [0, 0.05) is 30.1 Å². The van der Waals surface area contributed by atoms with E-state index in [2.05, 4.69) is 25.0 Å². The van der Waals surface area contributed by atoms with Crippen LogP contribution in [0.5, 0.6) is 0 Å². The third-order valence-electron chi connectivity index (χ3n) is 6.53. The summed E-state index contributed by atoms with van der Waals surface area (Å²) in [6.07, 6.45) is 2.40. The van der Waals surface area contributed by atoms with Crippen LogP contribution in [-0.2, 0) is 10.9 Å². The van der Waals surface area contributed by atoms with Gasteiger partial charge < -0.3 is 9.64 Å². The molecule has 0 amide bonds. The highest BCUT2D eigenvalue weighted by atomic mass is 19.4. The minimum absolute atomic E-state index is 0.0796. The van der Waals surface area contributed by atoms with Crippen molar-refractivity contribution >= 4 is 17.1 Å². The van der Waals surface area contributed by atoms with Gasteiger partial charge in [-0.15, -0.1) is 0 Å². The predicted octanol–water partition coefficient (Wildman–Crippen LogP) is 5.05. The molecule has 1 aromatic carbocycles. The van der Waals surface area contributed by atoms with E-state index >= 15 is 4.39 Å². The van der Waals surface area contributed by atoms with Crippen LogP contribution in [0.25, 0.3) is 22.4 Å². The number of nitrogens with zero attached hydrogens (tertiary/aromatic N) is 7. The van der Waals surface area contributed by atoms with Crippen LogP contribution in [0.1, 0.15) is 48.7 Å². The van der Waals surface area contributed by atoms with Gasteiger partial charge in [0.05, 0.1) is 36.1 Å². The van der Waals surface area contributed by atoms with Gasteiger partial charge in [-0.2, -0.15) is 23.3 Å². The van der Waals surface area contributed by atoms with Crippen LogP contribution in [0.4, 0.5) is 23.5 Å². The Balaban J connectivity index is 1.41. The number of aryl methyl sites for hydroxylation is 1. The zero-order valence-corrected chi connectivity index (χ0v) is 20.1. The lowest BCUT2D eigenvalue weighted by Crippen LogP contribution is -2.43. The molecular formula is C25H23F4N7O. The lowest BCUT2D eigenvalue weighted by molar-refractivity contribution is -0.137. The fraction of sp³-hybridized carbons (Fsp3) is 0.400. The zero-order chi connectivity index (χ0) is 25.9. The van der Waals surface area contributed by atoms with Crippen molar-refractivity contribution in [1.82, 2.24) is 29.7 Å². The van der Waals surface area contributed by atoms with Gasteiger partial charge in [0.15, 0.2) is 5.65 Å². The third-order valence-corrected chi connectivity index (χ3v) is 6.53. The molecule has 1 saturated heterocycles. The highest BCUT2D eigenvalue weighted by molar-refractivity contribution is 5.88. The minimum atomic E-state index is -4.67. The van der Waals surface area contributed by atoms with E-state index in [9.17, 15) is 13.2 Å². The molecule has 2 aliphatic rings. The van der Waals surface area contributed by atoms with Crippen molar-refractivity contribution in [2.75, 3.05) is 18.0 Å². The summed E-state index contributed by atoms with van der Waals surface area (Å²) in [6, 6.07) is 2.81. The Morgan fingerprint density at radius 3 is 2.59 bits per heavy atom. The fourth-order valence-electron chi connectivity index (χ4n) is 4.55. The van der Waals surface area contributed by atoms with E-state index in [1.165, 1.54) is 6.20 Å². The lowest BCUT2D eigenvalue weighted by atomic mass is 10.1. The van der Waals surface area contributed by atoms with Crippen LogP contribution in [0.2, 0.25) is 0 Å². The molecule has 3 aromatic heterocycles. The quantitative estimate of drug-likeness (QED) is 0.353. The molecule has 1 aliphatic carbocycles. The second-order valence-corrected chi connectivity index (χ2v) is 9.57. The lowest BCUT2D eigenvalue weighted by Gasteiger charge is -2.36. The van der Waals surface area contributed by atoms with Gasteiger partial charge in [0.2, 0.25) is 5.95 Å². The van der Waals surface area contributed by atoms with E-state index in [0.717, 1.165) is 30.5 Å². The third kappa shape index (κ3) is 4.61. The van der Waals surface area contributed by atoms with E-state index in [1.807, 2.05) is 22.7 Å². The fourth-order valence-corrected chi connectivity index (χ4v) is 4.55. The Kier molecular flexibility index (Phi) is 5.59. The number of rotatable bonds is 4. The molecule has 0 spiro atoms. The molecule has 192 valence electrons. The summed E-state index contributed by atoms with van der Waals surface area (Å²) in [6.45, 7) is 4.57. The maximum Gasteiger partial charge on any atom is 0.416 e. The van der Waals surface area contributed by atoms with E-state index < -0.39 is 17.6 Å². The number of aromatic nitrogens is 6. The maximum atomic E-state index is 15.0. The molecule has 6 rings (SSSR count). The van der Waals surface area contributed by atoms with Crippen LogP contribution >= 0.6 is 0 Å². The first-order valence-electron chi connectivity index (χ1n) is 12.0. The summed E-state index contributed by atoms with van der Waals surface area (Å²) in [5.41, 5.74) is 0.865. The van der Waals surface area contributed by atoms with Crippen molar-refractivity contribution in [3.05, 3.63) is 59.4 Å². The van der Waals surface area contributed by atoms with E-state index in [0.29, 0.717) is 30.9 Å². The van der Waals surface area contributed by atoms with Crippen molar-refractivity contribution in [1.29, 1.82) is 0 Å². The Morgan fingerprint density at radius 2 is 1.86 bits per heavy atom. The zero-order valence-electron chi connectivity index (χ0n) is 20.1. The first-order valence-corrected chi connectivity index (χ1v) is 12.0. The Bertz CT molecular complexity index is 1480. The number of anilines is 1. The summed E-state index contributed by atoms with van der Waals surface area (Å²) >= 11 is 0. The van der Waals surface area contributed by atoms with Gasteiger partial charge >= 0.3 is 6.18 Å². The highest BCUT2D eigenvalue weighted by Gasteiger charge is 2.33. The summed E-state index contributed by atoms with van der Waals surface area (Å²) in [5.74, 6) is -0.778. The summed E-state index contributed by atoms with van der Waals surface area (Å²) in [7, 11) is 0. The molecule has 0 radical (unpaired) electrons. The van der Waals surface area contributed by atoms with Gasteiger partial charge in [0.1, 0.15) is 23.1 Å². The number of alkyl halides is 3. The Hall–Kier alpha value is -3.67. The van der Waals surface area contributed by atoms with Crippen molar-refractivity contribution in [3.63, 3.8) is 0 Å². The van der Waals surface area contributed by atoms with Gasteiger partial charge in [0.25, 0.3) is 0 Å². The van der Waals surface area contributed by atoms with Crippen molar-refractivity contribution in [2.24, 2.45) is 0 Å². The summed E-state index contributed by atoms with van der Waals surface area (Å²) in [5, 5.41) is 4.46. The molecule has 2 fully saturated rings. The van der Waals surface area contributed by atoms with Crippen molar-refractivity contribution in [2.45, 2.75) is 51.1 Å². The molecule has 2 atom stereocenters. The van der Waals surface area contributed by atoms with Crippen LogP contribution in [0.15, 0.2) is 36.8 Å². The van der Waals surface area contributed by atoms with Crippen LogP contribution in [-0.4, -0.2) is 48.9 Å². The first-order chi connectivity index (χ1) is 17.7. The summed E-state index contributed by atoms with van der Waals surface area (Å²) in [4.78, 5) is 19.9. The highest BCUT2D eigenvalue weighted by Crippen LogP contribution is 2.37. The molecule has 1 aliphatic heterocycles. The second kappa shape index (κ2) is 8.72. The smallest absolute Gasteiger partial charge is 0.367 e. The maximum absolute atomic E-state index is 15.0. The van der Waals surface area contributed by atoms with Crippen LogP contribution < -0.4 is 4.90 Å². The largest absolute Gasteiger partial charge is 0.416 e. The van der Waals surface area contributed by atoms with Gasteiger partial charge in [-0.25, -0.2) is 19.3 Å². The van der Waals surface area contributed by atoms with Gasteiger partial charge in [-0.05, 0) is 44.9 Å². The number of morpholine rings is 1. The number of halogens is 4. The molecule has 4 aromatic rings. The molecule has 1 saturated carbocycles. The van der Waals surface area contributed by atoms with Crippen molar-refractivity contribution in [3.8, 4) is 11.3 Å². The number of ether oxygens (including phenoxy) is 1. The molecule has 8 nitrogen and oxygen atoms in total. The van der Waals surface area contributed by atoms with Crippen molar-refractivity contribution < 1.29 is 22.3 Å². The van der Waals surface area contributed by atoms with Gasteiger partial charge in [-0.1, -0.05) is 0 Å². The molecule has 0 bridgehead atoms. The normalized spacial score (nSPS) is 20.5. The molecule has 4 heterocycles. The molecular weight excluding hydrogens is 490 g/mol. The number of hydrogen-bond donors (Lipinski definition) is 0. The molecule has 12 heteroatoms.